The first-order valence-electron chi connectivity index (χ1n) is 15.7. The largest absolute Gasteiger partial charge is 0.439 e. The highest BCUT2D eigenvalue weighted by atomic mass is 16.5. The molecule has 0 bridgehead atoms. The molecule has 0 fully saturated rings. The van der Waals surface area contributed by atoms with Crippen molar-refractivity contribution >= 4 is 11.9 Å². The van der Waals surface area contributed by atoms with Gasteiger partial charge in [0.05, 0.1) is 23.3 Å². The van der Waals surface area contributed by atoms with Crippen molar-refractivity contribution in [3.8, 4) is 34.8 Å². The van der Waals surface area contributed by atoms with Crippen LogP contribution in [-0.4, -0.2) is 39.3 Å². The smallest absolute Gasteiger partial charge is 0.343 e. The van der Waals surface area contributed by atoms with Crippen molar-refractivity contribution in [3.63, 3.8) is 0 Å². The van der Waals surface area contributed by atoms with Gasteiger partial charge in [-0.15, -0.1) is 0 Å². The molecule has 0 aliphatic heterocycles. The maximum Gasteiger partial charge on any atom is 0.343 e. The molecule has 0 amide bonds. The third-order valence-electron chi connectivity index (χ3n) is 7.29. The Morgan fingerprint density at radius 1 is 0.542 bits per heavy atom. The first-order valence-corrected chi connectivity index (χ1v) is 15.7. The van der Waals surface area contributed by atoms with Gasteiger partial charge in [-0.25, -0.2) is 9.59 Å². The minimum atomic E-state index is -0.496. The molecule has 1 aromatic heterocycles. The third kappa shape index (κ3) is 10.2. The number of pyridine rings is 1. The summed E-state index contributed by atoms with van der Waals surface area (Å²) in [4.78, 5) is 29.7. The van der Waals surface area contributed by atoms with Crippen molar-refractivity contribution in [1.82, 2.24) is 4.98 Å². The van der Waals surface area contributed by atoms with Gasteiger partial charge in [-0.1, -0.05) is 30.3 Å². The molecule has 5 aromatic rings. The molecule has 0 spiro atoms. The number of nitrogens with zero attached hydrogens (tertiary/aromatic N) is 1. The minimum absolute atomic E-state index is 0.288. The maximum atomic E-state index is 12.6. The van der Waals surface area contributed by atoms with E-state index in [1.54, 1.807) is 105 Å². The highest BCUT2D eigenvalue weighted by Gasteiger charge is 2.12. The van der Waals surface area contributed by atoms with Gasteiger partial charge in [-0.3, -0.25) is 0 Å². The Morgan fingerprint density at radius 3 is 1.25 bits per heavy atom. The molecule has 0 aliphatic carbocycles. The van der Waals surface area contributed by atoms with E-state index in [9.17, 15) is 19.8 Å². The lowest BCUT2D eigenvalue weighted by Gasteiger charge is -2.10. The van der Waals surface area contributed by atoms with Gasteiger partial charge in [-0.05, 0) is 123 Å². The molecule has 2 atom stereocenters. The van der Waals surface area contributed by atoms with E-state index in [0.717, 1.165) is 24.0 Å². The molecule has 0 saturated carbocycles. The Morgan fingerprint density at radius 2 is 0.896 bits per heavy atom. The predicted molar refractivity (Wildman–Crippen MR) is 180 cm³/mol. The average Bonchev–Trinajstić information content (AvgIpc) is 3.08. The Bertz CT molecular complexity index is 1650. The molecule has 2 N–H and O–H groups in total. The number of aromatic nitrogens is 1. The van der Waals surface area contributed by atoms with Gasteiger partial charge >= 0.3 is 11.9 Å². The summed E-state index contributed by atoms with van der Waals surface area (Å²) in [7, 11) is 0. The number of aliphatic hydroxyl groups excluding tert-OH is 2. The maximum absolute atomic E-state index is 12.6. The van der Waals surface area contributed by atoms with E-state index in [4.69, 9.17) is 18.9 Å². The first kappa shape index (κ1) is 33.8. The van der Waals surface area contributed by atoms with Crippen molar-refractivity contribution in [2.75, 3.05) is 0 Å². The van der Waals surface area contributed by atoms with E-state index in [2.05, 4.69) is 4.98 Å². The molecule has 4 aromatic carbocycles. The second-order valence-electron chi connectivity index (χ2n) is 11.4. The predicted octanol–water partition coefficient (Wildman–Crippen LogP) is 7.73. The number of hydrogen-bond donors (Lipinski definition) is 2. The number of esters is 2. The number of aryl methyl sites for hydroxylation is 2. The molecule has 0 radical (unpaired) electrons. The van der Waals surface area contributed by atoms with Crippen LogP contribution in [0.25, 0.3) is 0 Å². The third-order valence-corrected chi connectivity index (χ3v) is 7.29. The van der Waals surface area contributed by atoms with E-state index in [0.29, 0.717) is 47.0 Å². The molecule has 5 rings (SSSR count). The fourth-order valence-electron chi connectivity index (χ4n) is 4.60. The minimum Gasteiger partial charge on any atom is -0.439 e. The van der Waals surface area contributed by atoms with E-state index >= 15 is 0 Å². The zero-order chi connectivity index (χ0) is 33.9. The number of benzene rings is 4. The topological polar surface area (TPSA) is 124 Å². The van der Waals surface area contributed by atoms with E-state index in [1.165, 1.54) is 0 Å². The molecule has 48 heavy (non-hydrogen) atoms. The Kier molecular flexibility index (Phi) is 11.5. The van der Waals surface area contributed by atoms with Gasteiger partial charge < -0.3 is 29.2 Å². The van der Waals surface area contributed by atoms with Crippen LogP contribution < -0.4 is 18.9 Å². The lowest BCUT2D eigenvalue weighted by atomic mass is 10.1. The van der Waals surface area contributed by atoms with Crippen molar-refractivity contribution in [2.45, 2.75) is 51.7 Å². The van der Waals surface area contributed by atoms with Crippen LogP contribution in [0.2, 0.25) is 0 Å². The summed E-state index contributed by atoms with van der Waals surface area (Å²) in [6, 6.07) is 32.6. The van der Waals surface area contributed by atoms with Crippen LogP contribution in [0.3, 0.4) is 0 Å². The van der Waals surface area contributed by atoms with Crippen LogP contribution in [0.5, 0.6) is 34.8 Å². The highest BCUT2D eigenvalue weighted by Crippen LogP contribution is 2.26. The summed E-state index contributed by atoms with van der Waals surface area (Å²) < 4.78 is 22.7. The number of aliphatic hydroxyl groups is 2. The standard InChI is InChI=1S/C39H37NO8/c1-26(41)6-8-28-10-18-34(19-11-28)47-38(43)30-14-22-32(23-15-30)45-36-4-3-5-37(40-36)46-33-24-16-31(17-25-33)39(44)48-35-20-12-29(13-21-35)9-7-27(2)42/h3-5,10-27,41-42H,6-9H2,1-2H3. The lowest BCUT2D eigenvalue weighted by Crippen LogP contribution is -2.08. The van der Waals surface area contributed by atoms with Crippen LogP contribution in [0.1, 0.15) is 58.5 Å². The zero-order valence-corrected chi connectivity index (χ0v) is 26.7. The van der Waals surface area contributed by atoms with E-state index in [-0.39, 0.29) is 24.0 Å². The summed E-state index contributed by atoms with van der Waals surface area (Å²) in [5, 5.41) is 18.9. The summed E-state index contributed by atoms with van der Waals surface area (Å²) >= 11 is 0. The van der Waals surface area contributed by atoms with Gasteiger partial charge in [0.25, 0.3) is 0 Å². The number of hydrogen-bond acceptors (Lipinski definition) is 9. The van der Waals surface area contributed by atoms with Crippen LogP contribution >= 0.6 is 0 Å². The molecule has 9 heteroatoms. The van der Waals surface area contributed by atoms with Crippen molar-refractivity contribution in [1.29, 1.82) is 0 Å². The van der Waals surface area contributed by atoms with Gasteiger partial charge in [0.15, 0.2) is 0 Å². The quantitative estimate of drug-likeness (QED) is 0.0920. The van der Waals surface area contributed by atoms with E-state index < -0.39 is 11.9 Å². The normalized spacial score (nSPS) is 12.1. The van der Waals surface area contributed by atoms with Crippen LogP contribution in [-0.2, 0) is 12.8 Å². The van der Waals surface area contributed by atoms with E-state index in [1.807, 2.05) is 24.3 Å². The second-order valence-corrected chi connectivity index (χ2v) is 11.4. The fraction of sp³-hybridized carbons (Fsp3) is 0.205. The number of carbonyl (C=O) groups excluding carboxylic acids is 2. The van der Waals surface area contributed by atoms with Gasteiger partial charge in [-0.2, -0.15) is 4.98 Å². The number of carbonyl (C=O) groups is 2. The molecule has 1 heterocycles. The number of rotatable bonds is 14. The summed E-state index contributed by atoms with van der Waals surface area (Å²) in [5.41, 5.74) is 2.83. The molecular weight excluding hydrogens is 610 g/mol. The van der Waals surface area contributed by atoms with Crippen LogP contribution in [0.4, 0.5) is 0 Å². The summed E-state index contributed by atoms with van der Waals surface area (Å²) in [5.74, 6) is 1.39. The molecule has 2 unspecified atom stereocenters. The first-order chi connectivity index (χ1) is 23.2. The molecular formula is C39H37NO8. The Hall–Kier alpha value is -5.51. The molecule has 9 nitrogen and oxygen atoms in total. The summed E-state index contributed by atoms with van der Waals surface area (Å²) in [6.45, 7) is 3.51. The van der Waals surface area contributed by atoms with Gasteiger partial charge in [0.1, 0.15) is 23.0 Å². The van der Waals surface area contributed by atoms with Crippen LogP contribution in [0.15, 0.2) is 115 Å². The average molecular weight is 648 g/mol. The van der Waals surface area contributed by atoms with Crippen molar-refractivity contribution in [3.05, 3.63) is 138 Å². The highest BCUT2D eigenvalue weighted by molar-refractivity contribution is 5.91. The second kappa shape index (κ2) is 16.4. The van der Waals surface area contributed by atoms with Crippen molar-refractivity contribution < 1.29 is 38.7 Å². The lowest BCUT2D eigenvalue weighted by molar-refractivity contribution is 0.0725. The fourth-order valence-corrected chi connectivity index (χ4v) is 4.60. The van der Waals surface area contributed by atoms with Gasteiger partial charge in [0.2, 0.25) is 11.8 Å². The zero-order valence-electron chi connectivity index (χ0n) is 26.7. The van der Waals surface area contributed by atoms with Crippen LogP contribution in [0, 0.1) is 0 Å². The monoisotopic (exact) mass is 647 g/mol. The molecule has 0 aliphatic rings. The van der Waals surface area contributed by atoms with Gasteiger partial charge in [0, 0.05) is 12.1 Å². The molecule has 246 valence electrons. The number of ether oxygens (including phenoxy) is 4. The SMILES string of the molecule is CC(O)CCc1ccc(OC(=O)c2ccc(Oc3cccc(Oc4ccc(C(=O)Oc5ccc(CCC(C)O)cc5)cc4)n3)cc2)cc1. The summed E-state index contributed by atoms with van der Waals surface area (Å²) in [6.07, 6.45) is 2.09. The Labute approximate surface area is 279 Å². The van der Waals surface area contributed by atoms with Crippen molar-refractivity contribution in [2.24, 2.45) is 0 Å². The molecule has 0 saturated heterocycles. The Balaban J connectivity index is 1.11.